The van der Waals surface area contributed by atoms with Crippen molar-refractivity contribution in [3.05, 3.63) is 85.7 Å². The fourth-order valence-electron chi connectivity index (χ4n) is 2.53. The third-order valence-corrected chi connectivity index (χ3v) is 5.28. The Morgan fingerprint density at radius 1 is 0.893 bits per heavy atom. The standard InChI is InChI=1S/C19H16N6O2S/c26-28(27,17-4-2-1-3-5-17)24-16-8-6-15(7-9-16)23-18-12-19(22-13-21-18)25-11-10-20-14-25/h1-14,24H,(H,21,22,23). The largest absolute Gasteiger partial charge is 0.340 e. The molecule has 0 aliphatic carbocycles. The number of nitrogens with one attached hydrogen (secondary N) is 2. The molecule has 28 heavy (non-hydrogen) atoms. The molecular weight excluding hydrogens is 376 g/mol. The molecule has 0 unspecified atom stereocenters. The van der Waals surface area contributed by atoms with Crippen molar-refractivity contribution in [3.8, 4) is 5.82 Å². The lowest BCUT2D eigenvalue weighted by molar-refractivity contribution is 0.601. The van der Waals surface area contributed by atoms with Crippen LogP contribution in [0, 0.1) is 0 Å². The summed E-state index contributed by atoms with van der Waals surface area (Å²) in [5.74, 6) is 1.29. The molecule has 2 N–H and O–H groups in total. The molecule has 140 valence electrons. The highest BCUT2D eigenvalue weighted by Crippen LogP contribution is 2.21. The molecule has 0 radical (unpaired) electrons. The predicted octanol–water partition coefficient (Wildman–Crippen LogP) is 3.21. The first-order valence-corrected chi connectivity index (χ1v) is 9.84. The van der Waals surface area contributed by atoms with E-state index in [4.69, 9.17) is 0 Å². The molecule has 8 nitrogen and oxygen atoms in total. The van der Waals surface area contributed by atoms with E-state index in [1.807, 2.05) is 0 Å². The van der Waals surface area contributed by atoms with Crippen LogP contribution in [-0.2, 0) is 10.0 Å². The highest BCUT2D eigenvalue weighted by atomic mass is 32.2. The Labute approximate surface area is 162 Å². The fraction of sp³-hybridized carbons (Fsp3) is 0. The van der Waals surface area contributed by atoms with E-state index in [0.717, 1.165) is 5.69 Å². The van der Waals surface area contributed by atoms with Crippen molar-refractivity contribution < 1.29 is 8.42 Å². The number of benzene rings is 2. The van der Waals surface area contributed by atoms with Crippen LogP contribution in [0.25, 0.3) is 5.82 Å². The SMILES string of the molecule is O=S(=O)(Nc1ccc(Nc2cc(-n3ccnc3)ncn2)cc1)c1ccccc1. The second-order valence-electron chi connectivity index (χ2n) is 5.85. The third-order valence-electron chi connectivity index (χ3n) is 3.88. The number of rotatable bonds is 6. The first-order valence-electron chi connectivity index (χ1n) is 8.35. The van der Waals surface area contributed by atoms with Gasteiger partial charge in [-0.25, -0.2) is 23.4 Å². The van der Waals surface area contributed by atoms with E-state index in [-0.39, 0.29) is 4.90 Å². The van der Waals surface area contributed by atoms with Crippen LogP contribution >= 0.6 is 0 Å². The van der Waals surface area contributed by atoms with Gasteiger partial charge in [0.15, 0.2) is 0 Å². The molecule has 4 aromatic rings. The number of anilines is 3. The van der Waals surface area contributed by atoms with Crippen molar-refractivity contribution >= 4 is 27.2 Å². The van der Waals surface area contributed by atoms with E-state index >= 15 is 0 Å². The van der Waals surface area contributed by atoms with Gasteiger partial charge in [-0.05, 0) is 36.4 Å². The lowest BCUT2D eigenvalue weighted by Crippen LogP contribution is -2.12. The Kier molecular flexibility index (Phi) is 4.73. The number of hydrogen-bond donors (Lipinski definition) is 2. The number of hydrogen-bond acceptors (Lipinski definition) is 6. The first kappa shape index (κ1) is 17.7. The van der Waals surface area contributed by atoms with Crippen LogP contribution in [0.2, 0.25) is 0 Å². The molecule has 0 aliphatic rings. The van der Waals surface area contributed by atoms with Crippen molar-refractivity contribution in [2.24, 2.45) is 0 Å². The number of imidazole rings is 1. The van der Waals surface area contributed by atoms with Gasteiger partial charge in [0.25, 0.3) is 10.0 Å². The number of sulfonamides is 1. The van der Waals surface area contributed by atoms with E-state index in [9.17, 15) is 8.42 Å². The van der Waals surface area contributed by atoms with Crippen LogP contribution in [-0.4, -0.2) is 27.9 Å². The van der Waals surface area contributed by atoms with E-state index in [1.165, 1.54) is 6.33 Å². The van der Waals surface area contributed by atoms with Crippen molar-refractivity contribution in [2.45, 2.75) is 4.90 Å². The molecule has 4 rings (SSSR count). The maximum atomic E-state index is 12.4. The topological polar surface area (TPSA) is 102 Å². The van der Waals surface area contributed by atoms with E-state index in [2.05, 4.69) is 25.0 Å². The van der Waals surface area contributed by atoms with Gasteiger partial charge in [0, 0.05) is 29.8 Å². The predicted molar refractivity (Wildman–Crippen MR) is 106 cm³/mol. The molecule has 0 atom stereocenters. The van der Waals surface area contributed by atoms with Gasteiger partial charge in [-0.3, -0.25) is 9.29 Å². The van der Waals surface area contributed by atoms with Gasteiger partial charge < -0.3 is 5.32 Å². The van der Waals surface area contributed by atoms with Crippen molar-refractivity contribution in [3.63, 3.8) is 0 Å². The maximum absolute atomic E-state index is 12.4. The Morgan fingerprint density at radius 2 is 1.64 bits per heavy atom. The van der Waals surface area contributed by atoms with Crippen molar-refractivity contribution in [1.82, 2.24) is 19.5 Å². The van der Waals surface area contributed by atoms with Crippen LogP contribution in [0.5, 0.6) is 0 Å². The molecule has 0 fully saturated rings. The minimum Gasteiger partial charge on any atom is -0.340 e. The zero-order valence-corrected chi connectivity index (χ0v) is 15.4. The summed E-state index contributed by atoms with van der Waals surface area (Å²) in [5, 5.41) is 3.17. The van der Waals surface area contributed by atoms with E-state index in [1.54, 1.807) is 84.0 Å². The molecule has 0 saturated heterocycles. The second-order valence-corrected chi connectivity index (χ2v) is 7.53. The molecule has 0 amide bonds. The van der Waals surface area contributed by atoms with Gasteiger partial charge in [-0.15, -0.1) is 0 Å². The van der Waals surface area contributed by atoms with E-state index in [0.29, 0.717) is 17.3 Å². The highest BCUT2D eigenvalue weighted by molar-refractivity contribution is 7.92. The van der Waals surface area contributed by atoms with Gasteiger partial charge in [0.2, 0.25) is 0 Å². The highest BCUT2D eigenvalue weighted by Gasteiger charge is 2.13. The van der Waals surface area contributed by atoms with E-state index < -0.39 is 10.0 Å². The van der Waals surface area contributed by atoms with Crippen LogP contribution in [0.15, 0.2) is 90.6 Å². The lowest BCUT2D eigenvalue weighted by Gasteiger charge is -2.10. The maximum Gasteiger partial charge on any atom is 0.261 e. The summed E-state index contributed by atoms with van der Waals surface area (Å²) in [4.78, 5) is 12.6. The van der Waals surface area contributed by atoms with Crippen LogP contribution < -0.4 is 10.0 Å². The summed E-state index contributed by atoms with van der Waals surface area (Å²) < 4.78 is 29.1. The van der Waals surface area contributed by atoms with Gasteiger partial charge in [0.05, 0.1) is 4.90 Å². The van der Waals surface area contributed by atoms with Crippen molar-refractivity contribution in [1.29, 1.82) is 0 Å². The zero-order chi connectivity index (χ0) is 19.4. The molecule has 2 heterocycles. The third kappa shape index (κ3) is 3.99. The molecule has 2 aromatic carbocycles. The average Bonchev–Trinajstić information content (AvgIpc) is 3.25. The summed E-state index contributed by atoms with van der Waals surface area (Å²) in [5.41, 5.74) is 1.23. The summed E-state index contributed by atoms with van der Waals surface area (Å²) in [7, 11) is -3.62. The Balaban J connectivity index is 1.48. The van der Waals surface area contributed by atoms with Crippen molar-refractivity contribution in [2.75, 3.05) is 10.0 Å². The van der Waals surface area contributed by atoms with Crippen LogP contribution in [0.3, 0.4) is 0 Å². The smallest absolute Gasteiger partial charge is 0.261 e. The van der Waals surface area contributed by atoms with Crippen LogP contribution in [0.4, 0.5) is 17.2 Å². The summed E-state index contributed by atoms with van der Waals surface area (Å²) in [6.45, 7) is 0. The number of nitrogens with zero attached hydrogens (tertiary/aromatic N) is 4. The zero-order valence-electron chi connectivity index (χ0n) is 14.6. The monoisotopic (exact) mass is 392 g/mol. The Hall–Kier alpha value is -3.72. The van der Waals surface area contributed by atoms with Gasteiger partial charge in [-0.2, -0.15) is 0 Å². The Morgan fingerprint density at radius 3 is 2.36 bits per heavy atom. The van der Waals surface area contributed by atoms with Gasteiger partial charge >= 0.3 is 0 Å². The molecule has 0 spiro atoms. The molecule has 0 aliphatic heterocycles. The first-order chi connectivity index (χ1) is 13.6. The summed E-state index contributed by atoms with van der Waals surface area (Å²) in [6, 6.07) is 16.9. The fourth-order valence-corrected chi connectivity index (χ4v) is 3.61. The summed E-state index contributed by atoms with van der Waals surface area (Å²) in [6.07, 6.45) is 6.57. The summed E-state index contributed by atoms with van der Waals surface area (Å²) >= 11 is 0. The minimum atomic E-state index is -3.62. The molecule has 2 aromatic heterocycles. The van der Waals surface area contributed by atoms with Gasteiger partial charge in [-0.1, -0.05) is 18.2 Å². The van der Waals surface area contributed by atoms with Crippen LogP contribution in [0.1, 0.15) is 0 Å². The number of aromatic nitrogens is 4. The quantitative estimate of drug-likeness (QED) is 0.522. The molecule has 0 saturated carbocycles. The Bertz CT molecular complexity index is 1160. The minimum absolute atomic E-state index is 0.213. The lowest BCUT2D eigenvalue weighted by atomic mass is 10.3. The molecule has 0 bridgehead atoms. The normalized spacial score (nSPS) is 11.1. The molecular formula is C19H16N6O2S. The van der Waals surface area contributed by atoms with Gasteiger partial charge in [0.1, 0.15) is 24.3 Å². The second kappa shape index (κ2) is 7.49. The average molecular weight is 392 g/mol. The molecule has 9 heteroatoms.